The van der Waals surface area contributed by atoms with Crippen LogP contribution in [0, 0.1) is 12.8 Å². The number of rotatable bonds is 4. The molecule has 5 heterocycles. The minimum Gasteiger partial charge on any atom is -0.340 e. The third kappa shape index (κ3) is 3.13. The summed E-state index contributed by atoms with van der Waals surface area (Å²) < 4.78 is 3.49. The molecule has 8 rings (SSSR count). The molecule has 2 aliphatic rings. The Kier molecular flexibility index (Phi) is 4.37. The zero-order valence-corrected chi connectivity index (χ0v) is 20.9. The average Bonchev–Trinajstić information content (AvgIpc) is 3.35. The van der Waals surface area contributed by atoms with Crippen LogP contribution in [-0.4, -0.2) is 44.9 Å². The number of benzene rings is 2. The normalized spacial score (nSPS) is 19.6. The van der Waals surface area contributed by atoms with Gasteiger partial charge in [-0.25, -0.2) is 4.98 Å². The zero-order valence-electron chi connectivity index (χ0n) is 20.1. The van der Waals surface area contributed by atoms with E-state index in [0.29, 0.717) is 16.9 Å². The summed E-state index contributed by atoms with van der Waals surface area (Å²) in [6, 6.07) is 15.3. The smallest absolute Gasteiger partial charge is 0.251 e. The van der Waals surface area contributed by atoms with E-state index in [1.54, 1.807) is 16.8 Å². The topological polar surface area (TPSA) is 123 Å². The zero-order chi connectivity index (χ0) is 25.5. The van der Waals surface area contributed by atoms with Gasteiger partial charge in [0.25, 0.3) is 5.56 Å². The second kappa shape index (κ2) is 7.72. The van der Waals surface area contributed by atoms with Crippen molar-refractivity contribution in [2.24, 2.45) is 5.92 Å². The van der Waals surface area contributed by atoms with Crippen LogP contribution in [0.15, 0.2) is 65.8 Å². The molecule has 2 aromatic carbocycles. The Hall–Kier alpha value is -4.57. The Labute approximate surface area is 220 Å². The summed E-state index contributed by atoms with van der Waals surface area (Å²) in [5.41, 5.74) is 7.18. The molecule has 10 nitrogen and oxygen atoms in total. The first kappa shape index (κ1) is 21.5. The molecule has 3 unspecified atom stereocenters. The minimum absolute atomic E-state index is 0.0538. The Balaban J connectivity index is 1.20. The molecule has 0 radical (unpaired) electrons. The van der Waals surface area contributed by atoms with Crippen molar-refractivity contribution < 1.29 is 0 Å². The van der Waals surface area contributed by atoms with Gasteiger partial charge in [0.1, 0.15) is 12.2 Å². The van der Waals surface area contributed by atoms with Crippen molar-refractivity contribution in [1.29, 1.82) is 0 Å². The van der Waals surface area contributed by atoms with Crippen molar-refractivity contribution >= 4 is 22.5 Å². The quantitative estimate of drug-likeness (QED) is 0.354. The maximum absolute atomic E-state index is 13.6. The van der Waals surface area contributed by atoms with Gasteiger partial charge >= 0.3 is 0 Å². The van der Waals surface area contributed by atoms with Crippen LogP contribution in [0.1, 0.15) is 35.5 Å². The molecule has 0 amide bonds. The Morgan fingerprint density at radius 2 is 2.00 bits per heavy atom. The standard InChI is InChI=1S/C27H20ClN9O/c1-13-17-4-2-14(6-21(17)33-32-13)27-29-11-22(31-27)26-20-10-19(20)24-7-15(8-25(38)37(24)26)18-9-16(28)3-5-23(18)36-12-30-34-35-36/h2-9,11-12,19-20,26H,10H2,1H3,(H,29,31)(H,32,33). The largest absolute Gasteiger partial charge is 0.340 e. The molecule has 186 valence electrons. The lowest BCUT2D eigenvalue weighted by Crippen LogP contribution is -2.26. The first-order chi connectivity index (χ1) is 18.5. The molecule has 1 aliphatic heterocycles. The number of aromatic nitrogens is 9. The number of aryl methyl sites for hydroxylation is 1. The fraction of sp³-hybridized carbons (Fsp3) is 0.185. The van der Waals surface area contributed by atoms with Gasteiger partial charge in [0.05, 0.1) is 29.1 Å². The van der Waals surface area contributed by atoms with Gasteiger partial charge in [0.15, 0.2) is 0 Å². The van der Waals surface area contributed by atoms with Gasteiger partial charge in [-0.1, -0.05) is 23.7 Å². The molecule has 6 aromatic rings. The minimum atomic E-state index is -0.0764. The van der Waals surface area contributed by atoms with E-state index >= 15 is 0 Å². The molecule has 0 spiro atoms. The number of hydrogen-bond donors (Lipinski definition) is 2. The van der Waals surface area contributed by atoms with Gasteiger partial charge < -0.3 is 9.55 Å². The van der Waals surface area contributed by atoms with Crippen LogP contribution in [0.5, 0.6) is 0 Å². The van der Waals surface area contributed by atoms with Crippen molar-refractivity contribution in [1.82, 2.24) is 44.9 Å². The SMILES string of the molecule is Cc1[nH]nc2cc(-c3ncc(C4C5CC5c5cc(-c6cc(Cl)ccc6-n6cnnn6)cc(=O)n54)[nH]3)ccc12. The van der Waals surface area contributed by atoms with Gasteiger partial charge in [-0.3, -0.25) is 9.89 Å². The van der Waals surface area contributed by atoms with Crippen molar-refractivity contribution in [2.45, 2.75) is 25.3 Å². The summed E-state index contributed by atoms with van der Waals surface area (Å²) in [7, 11) is 0. The molecule has 11 heteroatoms. The summed E-state index contributed by atoms with van der Waals surface area (Å²) in [5.74, 6) is 1.46. The highest BCUT2D eigenvalue weighted by molar-refractivity contribution is 6.31. The van der Waals surface area contributed by atoms with E-state index in [9.17, 15) is 4.79 Å². The van der Waals surface area contributed by atoms with Crippen molar-refractivity contribution in [3.05, 3.63) is 93.5 Å². The first-order valence-corrected chi connectivity index (χ1v) is 12.7. The molecule has 2 N–H and O–H groups in total. The summed E-state index contributed by atoms with van der Waals surface area (Å²) in [4.78, 5) is 21.8. The lowest BCUT2D eigenvalue weighted by Gasteiger charge is -2.18. The molecular formula is C27H20ClN9O. The van der Waals surface area contributed by atoms with E-state index in [-0.39, 0.29) is 11.6 Å². The number of pyridine rings is 1. The van der Waals surface area contributed by atoms with E-state index in [1.165, 1.54) is 6.33 Å². The van der Waals surface area contributed by atoms with Gasteiger partial charge in [-0.05, 0) is 65.6 Å². The van der Waals surface area contributed by atoms with Gasteiger partial charge in [-0.15, -0.1) is 5.10 Å². The fourth-order valence-corrected chi connectivity index (χ4v) is 6.11. The van der Waals surface area contributed by atoms with Crippen LogP contribution in [-0.2, 0) is 0 Å². The van der Waals surface area contributed by atoms with Crippen LogP contribution in [0.3, 0.4) is 0 Å². The lowest BCUT2D eigenvalue weighted by molar-refractivity contribution is 0.528. The predicted octanol–water partition coefficient (Wildman–Crippen LogP) is 4.43. The lowest BCUT2D eigenvalue weighted by atomic mass is 10.0. The van der Waals surface area contributed by atoms with Crippen LogP contribution in [0.2, 0.25) is 5.02 Å². The number of nitrogens with zero attached hydrogens (tertiary/aromatic N) is 7. The number of nitrogens with one attached hydrogen (secondary N) is 2. The molecule has 3 atom stereocenters. The molecule has 0 bridgehead atoms. The molecule has 1 saturated carbocycles. The van der Waals surface area contributed by atoms with Crippen molar-refractivity contribution in [2.75, 3.05) is 0 Å². The van der Waals surface area contributed by atoms with E-state index in [1.807, 2.05) is 42.0 Å². The highest BCUT2D eigenvalue weighted by Gasteiger charge is 2.53. The van der Waals surface area contributed by atoms with E-state index in [0.717, 1.165) is 62.6 Å². The van der Waals surface area contributed by atoms with Gasteiger partial charge in [0, 0.05) is 44.9 Å². The number of imidazole rings is 1. The van der Waals surface area contributed by atoms with Gasteiger partial charge in [0.2, 0.25) is 0 Å². The summed E-state index contributed by atoms with van der Waals surface area (Å²) in [5, 5.41) is 20.6. The van der Waals surface area contributed by atoms with Gasteiger partial charge in [-0.2, -0.15) is 9.78 Å². The summed E-state index contributed by atoms with van der Waals surface area (Å²) in [6.07, 6.45) is 4.42. The molecule has 38 heavy (non-hydrogen) atoms. The maximum atomic E-state index is 13.6. The molecule has 1 aliphatic carbocycles. The monoisotopic (exact) mass is 521 g/mol. The molecule has 4 aromatic heterocycles. The third-order valence-electron chi connectivity index (χ3n) is 7.80. The van der Waals surface area contributed by atoms with Crippen LogP contribution in [0.25, 0.3) is 39.1 Å². The fourth-order valence-electron chi connectivity index (χ4n) is 5.94. The maximum Gasteiger partial charge on any atom is 0.251 e. The van der Waals surface area contributed by atoms with Crippen molar-refractivity contribution in [3.8, 4) is 28.2 Å². The number of hydrogen-bond acceptors (Lipinski definition) is 6. The Morgan fingerprint density at radius 3 is 2.87 bits per heavy atom. The number of fused-ring (bicyclic) bond motifs is 4. The second-order valence-corrected chi connectivity index (χ2v) is 10.4. The van der Waals surface area contributed by atoms with Crippen LogP contribution < -0.4 is 5.56 Å². The number of tetrazole rings is 1. The highest BCUT2D eigenvalue weighted by atomic mass is 35.5. The molecular weight excluding hydrogens is 502 g/mol. The van der Waals surface area contributed by atoms with E-state index in [4.69, 9.17) is 11.6 Å². The molecule has 0 saturated heterocycles. The first-order valence-electron chi connectivity index (χ1n) is 12.3. The Bertz CT molecular complexity index is 1930. The van der Waals surface area contributed by atoms with Crippen LogP contribution in [0.4, 0.5) is 0 Å². The average molecular weight is 522 g/mol. The third-order valence-corrected chi connectivity index (χ3v) is 8.04. The summed E-state index contributed by atoms with van der Waals surface area (Å²) in [6.45, 7) is 2.01. The Morgan fingerprint density at radius 1 is 1.08 bits per heavy atom. The second-order valence-electron chi connectivity index (χ2n) is 10.0. The summed E-state index contributed by atoms with van der Waals surface area (Å²) >= 11 is 6.35. The highest BCUT2D eigenvalue weighted by Crippen LogP contribution is 2.60. The number of H-pyrrole nitrogens is 2. The van der Waals surface area contributed by atoms with Crippen LogP contribution >= 0.6 is 11.6 Å². The molecule has 1 fully saturated rings. The van der Waals surface area contributed by atoms with E-state index < -0.39 is 0 Å². The predicted molar refractivity (Wildman–Crippen MR) is 141 cm³/mol. The van der Waals surface area contributed by atoms with Crippen molar-refractivity contribution in [3.63, 3.8) is 0 Å². The van der Waals surface area contributed by atoms with E-state index in [2.05, 4.69) is 47.8 Å². The number of halogens is 1. The number of aromatic amines is 2.